The first kappa shape index (κ1) is 22.1. The van der Waals surface area contributed by atoms with E-state index in [1.165, 1.54) is 38.2 Å². The molecule has 29 heavy (non-hydrogen) atoms. The molecule has 1 N–H and O–H groups in total. The Labute approximate surface area is 176 Å². The summed E-state index contributed by atoms with van der Waals surface area (Å²) in [6.07, 6.45) is 1.17. The van der Waals surface area contributed by atoms with Gasteiger partial charge in [0.15, 0.2) is 5.96 Å². The molecule has 6 nitrogen and oxygen atoms in total. The molecule has 0 spiro atoms. The second-order valence-electron chi connectivity index (χ2n) is 8.35. The lowest BCUT2D eigenvalue weighted by Gasteiger charge is -2.38. The minimum Gasteiger partial charge on any atom is -0.376 e. The first-order valence-electron chi connectivity index (χ1n) is 11.2. The van der Waals surface area contributed by atoms with Crippen LogP contribution in [0.15, 0.2) is 35.3 Å². The predicted molar refractivity (Wildman–Crippen MR) is 120 cm³/mol. The molecule has 6 heteroatoms. The molecule has 2 aliphatic rings. The van der Waals surface area contributed by atoms with Crippen LogP contribution in [0.2, 0.25) is 0 Å². The van der Waals surface area contributed by atoms with Crippen molar-refractivity contribution in [3.05, 3.63) is 35.9 Å². The third kappa shape index (κ3) is 6.69. The molecule has 2 fully saturated rings. The average molecular weight is 402 g/mol. The molecule has 2 heterocycles. The fourth-order valence-electron chi connectivity index (χ4n) is 4.30. The maximum absolute atomic E-state index is 5.96. The lowest BCUT2D eigenvalue weighted by atomic mass is 10.1. The van der Waals surface area contributed by atoms with Crippen molar-refractivity contribution in [2.75, 3.05) is 66.0 Å². The highest BCUT2D eigenvalue weighted by molar-refractivity contribution is 5.80. The molecule has 3 rings (SSSR count). The van der Waals surface area contributed by atoms with Gasteiger partial charge in [0.05, 0.1) is 13.2 Å². The molecule has 0 bridgehead atoms. The van der Waals surface area contributed by atoms with Gasteiger partial charge in [-0.2, -0.15) is 0 Å². The van der Waals surface area contributed by atoms with Crippen LogP contribution in [0.4, 0.5) is 0 Å². The Balaban J connectivity index is 1.36. The lowest BCUT2D eigenvalue weighted by Crippen LogP contribution is -2.53. The SMILES string of the molecule is CCN1CCN(C(C)CNC(=NC)N2CCC(COCc3ccccc3)C2)CC1. The zero-order valence-electron chi connectivity index (χ0n) is 18.5. The van der Waals surface area contributed by atoms with Gasteiger partial charge in [0.25, 0.3) is 0 Å². The van der Waals surface area contributed by atoms with Crippen LogP contribution in [0.25, 0.3) is 0 Å². The Morgan fingerprint density at radius 2 is 1.93 bits per heavy atom. The number of nitrogens with zero attached hydrogens (tertiary/aromatic N) is 4. The van der Waals surface area contributed by atoms with Crippen LogP contribution in [0.3, 0.4) is 0 Å². The van der Waals surface area contributed by atoms with Gasteiger partial charge in [-0.1, -0.05) is 37.3 Å². The topological polar surface area (TPSA) is 43.3 Å². The molecule has 0 saturated carbocycles. The summed E-state index contributed by atoms with van der Waals surface area (Å²) in [6.45, 7) is 15.0. The predicted octanol–water partition coefficient (Wildman–Crippen LogP) is 2.13. The van der Waals surface area contributed by atoms with E-state index in [0.29, 0.717) is 18.6 Å². The Morgan fingerprint density at radius 3 is 2.62 bits per heavy atom. The van der Waals surface area contributed by atoms with E-state index >= 15 is 0 Å². The van der Waals surface area contributed by atoms with E-state index in [1.807, 2.05) is 13.1 Å². The highest BCUT2D eigenvalue weighted by Crippen LogP contribution is 2.17. The maximum atomic E-state index is 5.96. The lowest BCUT2D eigenvalue weighted by molar-refractivity contribution is 0.0906. The molecule has 1 aromatic carbocycles. The first-order valence-corrected chi connectivity index (χ1v) is 11.2. The van der Waals surface area contributed by atoms with Crippen LogP contribution in [0.1, 0.15) is 25.8 Å². The number of hydrogen-bond acceptors (Lipinski definition) is 4. The van der Waals surface area contributed by atoms with Crippen LogP contribution in [0, 0.1) is 5.92 Å². The Hall–Kier alpha value is -1.63. The van der Waals surface area contributed by atoms with Crippen molar-refractivity contribution >= 4 is 5.96 Å². The molecule has 2 saturated heterocycles. The first-order chi connectivity index (χ1) is 14.2. The summed E-state index contributed by atoms with van der Waals surface area (Å²) in [5, 5.41) is 3.62. The Kier molecular flexibility index (Phi) is 8.77. The van der Waals surface area contributed by atoms with Gasteiger partial charge in [-0.15, -0.1) is 0 Å². The van der Waals surface area contributed by atoms with Gasteiger partial charge in [-0.3, -0.25) is 9.89 Å². The van der Waals surface area contributed by atoms with Crippen molar-refractivity contribution in [3.63, 3.8) is 0 Å². The fraction of sp³-hybridized carbons (Fsp3) is 0.696. The van der Waals surface area contributed by atoms with Gasteiger partial charge in [0.2, 0.25) is 0 Å². The van der Waals surface area contributed by atoms with E-state index in [-0.39, 0.29) is 0 Å². The molecule has 162 valence electrons. The number of benzene rings is 1. The number of piperazine rings is 1. The summed E-state index contributed by atoms with van der Waals surface area (Å²) in [6, 6.07) is 10.9. The number of ether oxygens (including phenoxy) is 1. The van der Waals surface area contributed by atoms with Crippen LogP contribution >= 0.6 is 0 Å². The van der Waals surface area contributed by atoms with Crippen molar-refractivity contribution in [3.8, 4) is 0 Å². The largest absolute Gasteiger partial charge is 0.376 e. The fourth-order valence-corrected chi connectivity index (χ4v) is 4.30. The molecule has 0 radical (unpaired) electrons. The monoisotopic (exact) mass is 401 g/mol. The second-order valence-corrected chi connectivity index (χ2v) is 8.35. The van der Waals surface area contributed by atoms with Crippen LogP contribution < -0.4 is 5.32 Å². The van der Waals surface area contributed by atoms with E-state index in [2.05, 4.69) is 63.1 Å². The number of likely N-dealkylation sites (N-methyl/N-ethyl adjacent to an activating group) is 1. The normalized spacial score (nSPS) is 22.8. The summed E-state index contributed by atoms with van der Waals surface area (Å²) in [4.78, 5) is 12.0. The molecule has 0 aliphatic carbocycles. The van der Waals surface area contributed by atoms with Gasteiger partial charge >= 0.3 is 0 Å². The summed E-state index contributed by atoms with van der Waals surface area (Å²) in [5.74, 6) is 1.62. The van der Waals surface area contributed by atoms with Crippen LogP contribution in [0.5, 0.6) is 0 Å². The van der Waals surface area contributed by atoms with Gasteiger partial charge in [0, 0.05) is 64.8 Å². The average Bonchev–Trinajstić information content (AvgIpc) is 3.23. The van der Waals surface area contributed by atoms with Gasteiger partial charge in [-0.25, -0.2) is 0 Å². The van der Waals surface area contributed by atoms with Crippen molar-refractivity contribution in [1.29, 1.82) is 0 Å². The van der Waals surface area contributed by atoms with Gasteiger partial charge < -0.3 is 19.9 Å². The highest BCUT2D eigenvalue weighted by Gasteiger charge is 2.26. The molecule has 0 aromatic heterocycles. The van der Waals surface area contributed by atoms with E-state index in [4.69, 9.17) is 4.74 Å². The molecule has 2 unspecified atom stereocenters. The smallest absolute Gasteiger partial charge is 0.193 e. The number of aliphatic imine (C=N–C) groups is 1. The van der Waals surface area contributed by atoms with Gasteiger partial charge in [-0.05, 0) is 25.5 Å². The van der Waals surface area contributed by atoms with Crippen LogP contribution in [-0.2, 0) is 11.3 Å². The van der Waals surface area contributed by atoms with Crippen molar-refractivity contribution in [2.45, 2.75) is 32.9 Å². The minimum atomic E-state index is 0.526. The minimum absolute atomic E-state index is 0.526. The summed E-state index contributed by atoms with van der Waals surface area (Å²) >= 11 is 0. The summed E-state index contributed by atoms with van der Waals surface area (Å²) in [5.41, 5.74) is 1.24. The Morgan fingerprint density at radius 1 is 1.17 bits per heavy atom. The number of nitrogens with one attached hydrogen (secondary N) is 1. The van der Waals surface area contributed by atoms with Crippen molar-refractivity contribution < 1.29 is 4.74 Å². The Bertz CT molecular complexity index is 615. The molecule has 2 atom stereocenters. The molecule has 1 aromatic rings. The second kappa shape index (κ2) is 11.5. The number of hydrogen-bond donors (Lipinski definition) is 1. The molecule has 2 aliphatic heterocycles. The van der Waals surface area contributed by atoms with E-state index in [0.717, 1.165) is 38.7 Å². The molecular formula is C23H39N5O. The third-order valence-corrected chi connectivity index (χ3v) is 6.30. The van der Waals surface area contributed by atoms with Crippen LogP contribution in [-0.4, -0.2) is 92.7 Å². The number of rotatable bonds is 8. The summed E-state index contributed by atoms with van der Waals surface area (Å²) in [7, 11) is 1.90. The number of guanidine groups is 1. The van der Waals surface area contributed by atoms with E-state index in [1.54, 1.807) is 0 Å². The third-order valence-electron chi connectivity index (χ3n) is 6.30. The van der Waals surface area contributed by atoms with E-state index in [9.17, 15) is 0 Å². The quantitative estimate of drug-likeness (QED) is 0.534. The molecule has 0 amide bonds. The summed E-state index contributed by atoms with van der Waals surface area (Å²) < 4.78 is 5.96. The number of likely N-dealkylation sites (tertiary alicyclic amines) is 1. The maximum Gasteiger partial charge on any atom is 0.193 e. The zero-order chi connectivity index (χ0) is 20.5. The standard InChI is InChI=1S/C23H39N5O/c1-4-26-12-14-27(15-13-26)20(2)16-25-23(24-3)28-11-10-22(17-28)19-29-18-21-8-6-5-7-9-21/h5-9,20,22H,4,10-19H2,1-3H3,(H,24,25). The van der Waals surface area contributed by atoms with Crippen molar-refractivity contribution in [1.82, 2.24) is 20.0 Å². The van der Waals surface area contributed by atoms with E-state index < -0.39 is 0 Å². The highest BCUT2D eigenvalue weighted by atomic mass is 16.5. The zero-order valence-corrected chi connectivity index (χ0v) is 18.5. The van der Waals surface area contributed by atoms with Gasteiger partial charge in [0.1, 0.15) is 0 Å². The molecular weight excluding hydrogens is 362 g/mol. The van der Waals surface area contributed by atoms with Crippen molar-refractivity contribution in [2.24, 2.45) is 10.9 Å².